The number of hydrogen-bond acceptors (Lipinski definition) is 3. The summed E-state index contributed by atoms with van der Waals surface area (Å²) in [6.45, 7) is 2.26. The summed E-state index contributed by atoms with van der Waals surface area (Å²) in [5, 5.41) is 12.5. The molecule has 0 aromatic rings. The zero-order chi connectivity index (χ0) is 14.6. The number of carboxylic acid groups (broad SMARTS) is 1. The summed E-state index contributed by atoms with van der Waals surface area (Å²) >= 11 is 1.77. The van der Waals surface area contributed by atoms with Crippen LogP contribution in [0, 0.1) is 0 Å². The predicted octanol–water partition coefficient (Wildman–Crippen LogP) is 4.41. The average Bonchev–Trinajstić information content (AvgIpc) is 2.90. The second-order valence-electron chi connectivity index (χ2n) is 5.85. The van der Waals surface area contributed by atoms with Gasteiger partial charge in [0.1, 0.15) is 6.04 Å². The maximum absolute atomic E-state index is 10.8. The molecule has 0 saturated carbocycles. The van der Waals surface area contributed by atoms with Crippen LogP contribution in [-0.4, -0.2) is 28.2 Å². The SMILES string of the molecule is CCCCCCCCCCCCC1N[C@H](C(=O)O)CS1. The Kier molecular flexibility index (Phi) is 10.2. The van der Waals surface area contributed by atoms with Gasteiger partial charge in [-0.05, 0) is 6.42 Å². The molecular weight excluding hydrogens is 270 g/mol. The van der Waals surface area contributed by atoms with Crippen molar-refractivity contribution in [3.63, 3.8) is 0 Å². The number of hydrogen-bond donors (Lipinski definition) is 2. The van der Waals surface area contributed by atoms with Crippen LogP contribution in [0.4, 0.5) is 0 Å². The average molecular weight is 301 g/mol. The van der Waals surface area contributed by atoms with Gasteiger partial charge in [-0.3, -0.25) is 10.1 Å². The first kappa shape index (κ1) is 17.8. The molecule has 2 N–H and O–H groups in total. The molecule has 1 saturated heterocycles. The maximum atomic E-state index is 10.8. The summed E-state index contributed by atoms with van der Waals surface area (Å²) in [4.78, 5) is 10.8. The molecule has 20 heavy (non-hydrogen) atoms. The van der Waals surface area contributed by atoms with Crippen molar-refractivity contribution in [2.75, 3.05) is 5.75 Å². The zero-order valence-corrected chi connectivity index (χ0v) is 13.7. The Morgan fingerprint density at radius 3 is 2.10 bits per heavy atom. The fraction of sp³-hybridized carbons (Fsp3) is 0.938. The molecule has 1 unspecified atom stereocenters. The number of nitrogens with one attached hydrogen (secondary N) is 1. The lowest BCUT2D eigenvalue weighted by molar-refractivity contribution is -0.138. The number of unbranched alkanes of at least 4 members (excludes halogenated alkanes) is 9. The molecule has 0 amide bonds. The normalized spacial score (nSPS) is 22.2. The highest BCUT2D eigenvalue weighted by molar-refractivity contribution is 8.00. The first-order valence-electron chi connectivity index (χ1n) is 8.34. The second-order valence-corrected chi connectivity index (χ2v) is 7.09. The molecule has 1 aliphatic rings. The van der Waals surface area contributed by atoms with Gasteiger partial charge in [0.15, 0.2) is 0 Å². The first-order chi connectivity index (χ1) is 9.74. The van der Waals surface area contributed by atoms with Crippen LogP contribution in [0.1, 0.15) is 77.6 Å². The molecule has 0 radical (unpaired) electrons. The first-order valence-corrected chi connectivity index (χ1v) is 9.39. The fourth-order valence-electron chi connectivity index (χ4n) is 2.66. The number of rotatable bonds is 12. The molecule has 1 rings (SSSR count). The summed E-state index contributed by atoms with van der Waals surface area (Å²) in [5.74, 6) is 0.0145. The van der Waals surface area contributed by atoms with Crippen molar-refractivity contribution in [3.8, 4) is 0 Å². The molecule has 2 atom stereocenters. The van der Waals surface area contributed by atoms with Crippen molar-refractivity contribution in [1.29, 1.82) is 0 Å². The van der Waals surface area contributed by atoms with E-state index in [2.05, 4.69) is 12.2 Å². The van der Waals surface area contributed by atoms with Gasteiger partial charge in [0.2, 0.25) is 0 Å². The van der Waals surface area contributed by atoms with Crippen LogP contribution in [0.3, 0.4) is 0 Å². The van der Waals surface area contributed by atoms with Gasteiger partial charge in [-0.2, -0.15) is 0 Å². The van der Waals surface area contributed by atoms with Gasteiger partial charge in [-0.25, -0.2) is 0 Å². The molecule has 1 fully saturated rings. The van der Waals surface area contributed by atoms with Gasteiger partial charge < -0.3 is 5.11 Å². The summed E-state index contributed by atoms with van der Waals surface area (Å²) in [5.41, 5.74) is 0. The lowest BCUT2D eigenvalue weighted by Crippen LogP contribution is -2.36. The van der Waals surface area contributed by atoms with E-state index >= 15 is 0 Å². The molecule has 1 heterocycles. The van der Waals surface area contributed by atoms with E-state index in [1.54, 1.807) is 11.8 Å². The van der Waals surface area contributed by atoms with E-state index < -0.39 is 5.97 Å². The Bertz CT molecular complexity index is 261. The standard InChI is InChI=1S/C16H31NO2S/c1-2-3-4-5-6-7-8-9-10-11-12-15-17-14(13-20-15)16(18)19/h14-15,17H,2-13H2,1H3,(H,18,19)/t14-,15?/m0/s1. The Morgan fingerprint density at radius 1 is 1.05 bits per heavy atom. The quantitative estimate of drug-likeness (QED) is 0.524. The van der Waals surface area contributed by atoms with E-state index in [4.69, 9.17) is 5.11 Å². The summed E-state index contributed by atoms with van der Waals surface area (Å²) < 4.78 is 0. The Hall–Kier alpha value is -0.220. The van der Waals surface area contributed by atoms with Crippen LogP contribution in [-0.2, 0) is 4.79 Å². The van der Waals surface area contributed by atoms with Crippen molar-refractivity contribution < 1.29 is 9.90 Å². The second kappa shape index (κ2) is 11.4. The van der Waals surface area contributed by atoms with Crippen molar-refractivity contribution in [1.82, 2.24) is 5.32 Å². The highest BCUT2D eigenvalue weighted by Gasteiger charge is 2.28. The van der Waals surface area contributed by atoms with Gasteiger partial charge in [0, 0.05) is 5.75 Å². The van der Waals surface area contributed by atoms with Crippen LogP contribution in [0.5, 0.6) is 0 Å². The summed E-state index contributed by atoms with van der Waals surface area (Å²) in [6.07, 6.45) is 14.7. The topological polar surface area (TPSA) is 49.3 Å². The van der Waals surface area contributed by atoms with E-state index in [0.29, 0.717) is 5.37 Å². The van der Waals surface area contributed by atoms with Crippen LogP contribution in [0.2, 0.25) is 0 Å². The Balaban J connectivity index is 1.82. The van der Waals surface area contributed by atoms with Gasteiger partial charge in [0.25, 0.3) is 0 Å². The molecule has 3 nitrogen and oxygen atoms in total. The van der Waals surface area contributed by atoms with Crippen LogP contribution < -0.4 is 5.32 Å². The third-order valence-corrected chi connectivity index (χ3v) is 5.27. The molecule has 0 spiro atoms. The van der Waals surface area contributed by atoms with E-state index in [-0.39, 0.29) is 6.04 Å². The lowest BCUT2D eigenvalue weighted by Gasteiger charge is -2.10. The minimum Gasteiger partial charge on any atom is -0.480 e. The monoisotopic (exact) mass is 301 g/mol. The lowest BCUT2D eigenvalue weighted by atomic mass is 10.1. The molecule has 4 heteroatoms. The number of aliphatic carboxylic acids is 1. The molecule has 0 aliphatic carbocycles. The Labute approximate surface area is 128 Å². The smallest absolute Gasteiger partial charge is 0.321 e. The van der Waals surface area contributed by atoms with E-state index in [0.717, 1.165) is 12.2 Å². The van der Waals surface area contributed by atoms with Crippen LogP contribution in [0.15, 0.2) is 0 Å². The van der Waals surface area contributed by atoms with Crippen molar-refractivity contribution >= 4 is 17.7 Å². The van der Waals surface area contributed by atoms with Crippen LogP contribution >= 0.6 is 11.8 Å². The fourth-order valence-corrected chi connectivity index (χ4v) is 3.92. The number of thioether (sulfide) groups is 1. The van der Waals surface area contributed by atoms with Gasteiger partial charge in [-0.1, -0.05) is 71.1 Å². The molecule has 118 valence electrons. The molecule has 0 aromatic carbocycles. The van der Waals surface area contributed by atoms with E-state index in [9.17, 15) is 4.79 Å². The summed E-state index contributed by atoms with van der Waals surface area (Å²) in [6, 6.07) is -0.326. The molecule has 0 bridgehead atoms. The Morgan fingerprint density at radius 2 is 1.60 bits per heavy atom. The van der Waals surface area contributed by atoms with Crippen molar-refractivity contribution in [2.45, 2.75) is 89.0 Å². The highest BCUT2D eigenvalue weighted by Crippen LogP contribution is 2.23. The largest absolute Gasteiger partial charge is 0.480 e. The van der Waals surface area contributed by atoms with Crippen molar-refractivity contribution in [2.24, 2.45) is 0 Å². The number of carboxylic acids is 1. The minimum absolute atomic E-state index is 0.326. The molecule has 0 aromatic heterocycles. The molecule has 1 aliphatic heterocycles. The third kappa shape index (κ3) is 8.15. The van der Waals surface area contributed by atoms with E-state index in [1.807, 2.05) is 0 Å². The third-order valence-electron chi connectivity index (χ3n) is 3.97. The number of carbonyl (C=O) groups is 1. The zero-order valence-electron chi connectivity index (χ0n) is 12.9. The maximum Gasteiger partial charge on any atom is 0.321 e. The molecular formula is C16H31NO2S. The van der Waals surface area contributed by atoms with E-state index in [1.165, 1.54) is 64.2 Å². The van der Waals surface area contributed by atoms with Crippen molar-refractivity contribution in [3.05, 3.63) is 0 Å². The predicted molar refractivity (Wildman–Crippen MR) is 87.3 cm³/mol. The highest BCUT2D eigenvalue weighted by atomic mass is 32.2. The van der Waals surface area contributed by atoms with Gasteiger partial charge in [-0.15, -0.1) is 11.8 Å². The van der Waals surface area contributed by atoms with Crippen LogP contribution in [0.25, 0.3) is 0 Å². The van der Waals surface area contributed by atoms with Gasteiger partial charge in [0.05, 0.1) is 5.37 Å². The summed E-state index contributed by atoms with van der Waals surface area (Å²) in [7, 11) is 0. The van der Waals surface area contributed by atoms with Gasteiger partial charge >= 0.3 is 5.97 Å². The minimum atomic E-state index is -0.705.